The average Bonchev–Trinajstić information content (AvgIpc) is 3.28. The highest BCUT2D eigenvalue weighted by molar-refractivity contribution is 7.90. The smallest absolute Gasteiger partial charge is 0.326 e. The van der Waals surface area contributed by atoms with Crippen molar-refractivity contribution in [2.75, 3.05) is 51.3 Å². The minimum Gasteiger partial charge on any atom is -0.378 e. The van der Waals surface area contributed by atoms with Crippen molar-refractivity contribution < 1.29 is 17.9 Å². The number of aliphatic imine (C=N–C) groups is 1. The summed E-state index contributed by atoms with van der Waals surface area (Å²) in [5.41, 5.74) is -0.744. The summed E-state index contributed by atoms with van der Waals surface area (Å²) in [6, 6.07) is 0.0907. The summed E-state index contributed by atoms with van der Waals surface area (Å²) in [6.07, 6.45) is 13.0. The van der Waals surface area contributed by atoms with E-state index in [2.05, 4.69) is 56.2 Å². The zero-order valence-corrected chi connectivity index (χ0v) is 33.9. The van der Waals surface area contributed by atoms with Crippen LogP contribution in [0.1, 0.15) is 119 Å². The summed E-state index contributed by atoms with van der Waals surface area (Å²) in [7, 11) is -2.99. The molecule has 1 saturated heterocycles. The van der Waals surface area contributed by atoms with E-state index >= 15 is 4.79 Å². The second kappa shape index (κ2) is 15.8. The fourth-order valence-corrected chi connectivity index (χ4v) is 11.4. The van der Waals surface area contributed by atoms with Gasteiger partial charge in [0.1, 0.15) is 15.7 Å². The van der Waals surface area contributed by atoms with Crippen molar-refractivity contribution >= 4 is 44.9 Å². The standard InChI is InChI=1S/C38H66Cl2N4O4S/c1-8-48-33-26-29(36(2,3)4)14-19-32(33)34-41-37(5,27-10-15-30(39)16-11-27)38(6,28-12-17-31(40)18-13-28)44(34)35(45)43-23-21-42(22-24-43)20-9-25-49(7,46)47/h27-33H,8-26H2,1-7H3/t27?,28?,29?,30?,31?,32?,33?,37-,38+/m1/s1. The molecule has 0 aromatic carbocycles. The van der Waals surface area contributed by atoms with E-state index in [1.54, 1.807) is 0 Å². The maximum atomic E-state index is 15.3. The van der Waals surface area contributed by atoms with Crippen LogP contribution >= 0.6 is 23.2 Å². The Bertz CT molecular complexity index is 1270. The van der Waals surface area contributed by atoms with Gasteiger partial charge >= 0.3 is 6.03 Å². The van der Waals surface area contributed by atoms with Gasteiger partial charge in [-0.25, -0.2) is 13.2 Å². The summed E-state index contributed by atoms with van der Waals surface area (Å²) in [4.78, 5) is 27.8. The topological polar surface area (TPSA) is 82.5 Å². The number of amides is 2. The van der Waals surface area contributed by atoms with Crippen molar-refractivity contribution in [2.24, 2.45) is 34.1 Å². The van der Waals surface area contributed by atoms with Crippen LogP contribution in [-0.4, -0.2) is 114 Å². The summed E-state index contributed by atoms with van der Waals surface area (Å²) in [5.74, 6) is 2.42. The van der Waals surface area contributed by atoms with Gasteiger partial charge in [-0.15, -0.1) is 23.2 Å². The van der Waals surface area contributed by atoms with Gasteiger partial charge in [-0.2, -0.15) is 0 Å². The molecule has 2 aliphatic heterocycles. The van der Waals surface area contributed by atoms with E-state index in [0.717, 1.165) is 96.1 Å². The lowest BCUT2D eigenvalue weighted by molar-refractivity contribution is -0.0259. The van der Waals surface area contributed by atoms with Crippen molar-refractivity contribution in [3.63, 3.8) is 0 Å². The normalized spacial score (nSPS) is 38.5. The molecule has 2 heterocycles. The van der Waals surface area contributed by atoms with Crippen LogP contribution in [0.25, 0.3) is 0 Å². The average molecular weight is 746 g/mol. The molecule has 0 aromatic heterocycles. The summed E-state index contributed by atoms with van der Waals surface area (Å²) in [5, 5.41) is 0.402. The van der Waals surface area contributed by atoms with Crippen LogP contribution in [0.5, 0.6) is 0 Å². The minimum absolute atomic E-state index is 0.0208. The molecule has 2 amide bonds. The fourth-order valence-electron chi connectivity index (χ4n) is 10.2. The molecule has 3 aliphatic carbocycles. The van der Waals surface area contributed by atoms with E-state index in [9.17, 15) is 8.42 Å². The molecule has 0 aromatic rings. The maximum Gasteiger partial charge on any atom is 0.326 e. The molecule has 0 spiro atoms. The number of alkyl halides is 2. The third-order valence-electron chi connectivity index (χ3n) is 13.5. The summed E-state index contributed by atoms with van der Waals surface area (Å²) < 4.78 is 30.1. The lowest BCUT2D eigenvalue weighted by Crippen LogP contribution is -2.68. The zero-order valence-electron chi connectivity index (χ0n) is 31.6. The van der Waals surface area contributed by atoms with Gasteiger partial charge in [-0.1, -0.05) is 20.8 Å². The first-order valence-corrected chi connectivity index (χ1v) is 22.4. The van der Waals surface area contributed by atoms with Gasteiger partial charge in [0.25, 0.3) is 0 Å². The van der Waals surface area contributed by atoms with E-state index < -0.39 is 20.9 Å². The Balaban J connectivity index is 1.51. The van der Waals surface area contributed by atoms with Crippen LogP contribution in [0.15, 0.2) is 4.99 Å². The Hall–Kier alpha value is -0.610. The predicted octanol–water partition coefficient (Wildman–Crippen LogP) is 7.85. The second-order valence-electron chi connectivity index (χ2n) is 17.6. The zero-order chi connectivity index (χ0) is 35.8. The van der Waals surface area contributed by atoms with Crippen LogP contribution in [0.3, 0.4) is 0 Å². The van der Waals surface area contributed by atoms with E-state index in [0.29, 0.717) is 43.9 Å². The third-order valence-corrected chi connectivity index (χ3v) is 15.4. The van der Waals surface area contributed by atoms with Gasteiger partial charge in [-0.05, 0) is 128 Å². The van der Waals surface area contributed by atoms with E-state index in [1.165, 1.54) is 6.26 Å². The molecule has 282 valence electrons. The Morgan fingerprint density at radius 3 is 2.00 bits per heavy atom. The molecule has 8 nitrogen and oxygen atoms in total. The quantitative estimate of drug-likeness (QED) is 0.225. The lowest BCUT2D eigenvalue weighted by atomic mass is 9.59. The first-order chi connectivity index (χ1) is 23.0. The van der Waals surface area contributed by atoms with E-state index in [1.807, 2.05) is 0 Å². The number of carbonyl (C=O) groups excluding carboxylic acids is 1. The van der Waals surface area contributed by atoms with Crippen molar-refractivity contribution in [2.45, 2.75) is 147 Å². The van der Waals surface area contributed by atoms with Crippen molar-refractivity contribution in [3.05, 3.63) is 0 Å². The molecule has 3 saturated carbocycles. The molecule has 5 aliphatic rings. The van der Waals surface area contributed by atoms with Crippen molar-refractivity contribution in [1.82, 2.24) is 14.7 Å². The number of halogens is 2. The Morgan fingerprint density at radius 2 is 1.47 bits per heavy atom. The molecular weight excluding hydrogens is 679 g/mol. The lowest BCUT2D eigenvalue weighted by Gasteiger charge is -2.55. The molecule has 11 heteroatoms. The molecule has 3 unspecified atom stereocenters. The molecule has 4 fully saturated rings. The van der Waals surface area contributed by atoms with E-state index in [-0.39, 0.29) is 40.0 Å². The number of hydrogen-bond donors (Lipinski definition) is 0. The van der Waals surface area contributed by atoms with Gasteiger partial charge < -0.3 is 9.64 Å². The monoisotopic (exact) mass is 744 g/mol. The number of nitrogens with zero attached hydrogens (tertiary/aromatic N) is 4. The van der Waals surface area contributed by atoms with Crippen LogP contribution in [0, 0.1) is 29.1 Å². The van der Waals surface area contributed by atoms with Crippen LogP contribution < -0.4 is 0 Å². The first kappa shape index (κ1) is 39.6. The molecular formula is C38H66Cl2N4O4S. The highest BCUT2D eigenvalue weighted by atomic mass is 35.5. The Morgan fingerprint density at radius 1 is 0.898 bits per heavy atom. The van der Waals surface area contributed by atoms with Gasteiger partial charge in [-0.3, -0.25) is 14.8 Å². The van der Waals surface area contributed by atoms with Gasteiger partial charge in [0, 0.05) is 55.7 Å². The van der Waals surface area contributed by atoms with Crippen LogP contribution in [-0.2, 0) is 14.6 Å². The first-order valence-electron chi connectivity index (χ1n) is 19.5. The second-order valence-corrected chi connectivity index (χ2v) is 21.1. The number of hydrogen-bond acceptors (Lipinski definition) is 6. The van der Waals surface area contributed by atoms with E-state index in [4.69, 9.17) is 32.9 Å². The molecule has 5 atom stereocenters. The number of ether oxygens (including phenoxy) is 1. The Labute approximate surface area is 308 Å². The highest BCUT2D eigenvalue weighted by Gasteiger charge is 2.65. The van der Waals surface area contributed by atoms with Gasteiger partial charge in [0.05, 0.1) is 22.9 Å². The predicted molar refractivity (Wildman–Crippen MR) is 203 cm³/mol. The highest BCUT2D eigenvalue weighted by Crippen LogP contribution is 2.57. The number of urea groups is 1. The number of carbonyl (C=O) groups is 1. The summed E-state index contributed by atoms with van der Waals surface area (Å²) in [6.45, 7) is 18.0. The molecule has 49 heavy (non-hydrogen) atoms. The number of rotatable bonds is 9. The fraction of sp³-hybridized carbons (Fsp3) is 0.947. The number of amidine groups is 1. The largest absolute Gasteiger partial charge is 0.378 e. The summed E-state index contributed by atoms with van der Waals surface area (Å²) >= 11 is 13.4. The third kappa shape index (κ3) is 8.63. The molecule has 0 N–H and O–H groups in total. The Kier molecular flexibility index (Phi) is 12.8. The van der Waals surface area contributed by atoms with Gasteiger partial charge in [0.15, 0.2) is 0 Å². The van der Waals surface area contributed by atoms with Crippen molar-refractivity contribution in [3.8, 4) is 0 Å². The van der Waals surface area contributed by atoms with Gasteiger partial charge in [0.2, 0.25) is 0 Å². The molecule has 5 rings (SSSR count). The molecule has 0 radical (unpaired) electrons. The number of piperazine rings is 1. The van der Waals surface area contributed by atoms with Crippen LogP contribution in [0.4, 0.5) is 4.79 Å². The maximum absolute atomic E-state index is 15.3. The number of sulfone groups is 1. The van der Waals surface area contributed by atoms with Crippen molar-refractivity contribution in [1.29, 1.82) is 0 Å². The SMILES string of the molecule is CCOC1CC(C(C)(C)C)CCC1C1=N[C@](C)(C2CCC(Cl)CC2)[C@](C)(C2CCC(Cl)CC2)N1C(=O)N1CCN(CCCS(C)(=O)=O)CC1. The molecule has 0 bridgehead atoms. The minimum atomic E-state index is -2.99. The van der Waals surface area contributed by atoms with Crippen LogP contribution in [0.2, 0.25) is 0 Å².